The van der Waals surface area contributed by atoms with Gasteiger partial charge in [-0.1, -0.05) is 15.9 Å². The van der Waals surface area contributed by atoms with Crippen molar-refractivity contribution in [3.05, 3.63) is 9.89 Å². The van der Waals surface area contributed by atoms with Crippen LogP contribution in [0, 0.1) is 0 Å². The number of halogens is 1. The lowest BCUT2D eigenvalue weighted by molar-refractivity contribution is 0.373. The van der Waals surface area contributed by atoms with Crippen LogP contribution in [0.25, 0.3) is 0 Å². The molecule has 8 heavy (non-hydrogen) atoms. The summed E-state index contributed by atoms with van der Waals surface area (Å²) < 4.78 is 25.5. The molecule has 0 radical (unpaired) electrons. The van der Waals surface area contributed by atoms with Crippen molar-refractivity contribution in [3.63, 3.8) is 0 Å². The summed E-state index contributed by atoms with van der Waals surface area (Å²) in [7, 11) is -3.30. The molecule has 0 aliphatic carbocycles. The second-order valence-electron chi connectivity index (χ2n) is 1.32. The molecule has 3 nitrogen and oxygen atoms in total. The van der Waals surface area contributed by atoms with Crippen molar-refractivity contribution in [2.75, 3.05) is 6.61 Å². The first-order valence-electron chi connectivity index (χ1n) is 1.86. The van der Waals surface area contributed by atoms with Crippen molar-refractivity contribution in [1.29, 1.82) is 0 Å². The zero-order valence-corrected chi connectivity index (χ0v) is 6.20. The first-order valence-corrected chi connectivity index (χ1v) is 4.12. The summed E-state index contributed by atoms with van der Waals surface area (Å²) in [5.41, 5.74) is 0. The summed E-state index contributed by atoms with van der Waals surface area (Å²) in [6.07, 6.45) is 0. The van der Waals surface area contributed by atoms with Crippen LogP contribution in [0.3, 0.4) is 0 Å². The van der Waals surface area contributed by atoms with E-state index in [2.05, 4.69) is 20.1 Å². The topological polar surface area (TPSA) is 43.4 Å². The van der Waals surface area contributed by atoms with E-state index in [4.69, 9.17) is 0 Å². The van der Waals surface area contributed by atoms with Crippen LogP contribution in [0.2, 0.25) is 0 Å². The second kappa shape index (κ2) is 1.82. The molecule has 1 aliphatic heterocycles. The van der Waals surface area contributed by atoms with Gasteiger partial charge in [0.2, 0.25) is 0 Å². The zero-order valence-electron chi connectivity index (χ0n) is 3.80. The van der Waals surface area contributed by atoms with Crippen LogP contribution in [0.4, 0.5) is 0 Å². The Morgan fingerprint density at radius 2 is 2.38 bits per heavy atom. The minimum Gasteiger partial charge on any atom is -0.261 e. The van der Waals surface area contributed by atoms with Crippen molar-refractivity contribution in [2.24, 2.45) is 0 Å². The summed E-state index contributed by atoms with van der Waals surface area (Å²) in [5, 5.41) is 1.05. The van der Waals surface area contributed by atoms with Crippen molar-refractivity contribution in [2.45, 2.75) is 0 Å². The third-order valence-electron chi connectivity index (χ3n) is 0.633. The Kier molecular flexibility index (Phi) is 1.42. The molecule has 0 spiro atoms. The van der Waals surface area contributed by atoms with Crippen molar-refractivity contribution >= 4 is 26.0 Å². The SMILES string of the molecule is O=S1(=O)C=C(Br)CO1. The molecule has 0 saturated heterocycles. The largest absolute Gasteiger partial charge is 0.291 e. The molecule has 0 aromatic carbocycles. The molecule has 1 rings (SSSR count). The molecule has 1 heterocycles. The molecule has 0 saturated carbocycles. The predicted molar refractivity (Wildman–Crippen MR) is 31.9 cm³/mol. The second-order valence-corrected chi connectivity index (χ2v) is 3.80. The van der Waals surface area contributed by atoms with Gasteiger partial charge in [-0.25, -0.2) is 0 Å². The van der Waals surface area contributed by atoms with E-state index in [0.717, 1.165) is 5.41 Å². The van der Waals surface area contributed by atoms with Crippen LogP contribution in [-0.2, 0) is 14.3 Å². The summed E-state index contributed by atoms with van der Waals surface area (Å²) in [4.78, 5) is 0. The van der Waals surface area contributed by atoms with E-state index in [0.29, 0.717) is 4.48 Å². The van der Waals surface area contributed by atoms with E-state index in [1.807, 2.05) is 0 Å². The third-order valence-corrected chi connectivity index (χ3v) is 2.41. The van der Waals surface area contributed by atoms with Gasteiger partial charge >= 0.3 is 0 Å². The van der Waals surface area contributed by atoms with Crippen LogP contribution in [0.5, 0.6) is 0 Å². The fourth-order valence-corrected chi connectivity index (χ4v) is 2.06. The van der Waals surface area contributed by atoms with E-state index < -0.39 is 10.1 Å². The molecule has 0 aromatic heterocycles. The minimum atomic E-state index is -3.30. The maximum Gasteiger partial charge on any atom is 0.291 e. The number of rotatable bonds is 0. The molecule has 0 amide bonds. The summed E-state index contributed by atoms with van der Waals surface area (Å²) >= 11 is 2.97. The lowest BCUT2D eigenvalue weighted by Gasteiger charge is -1.84. The van der Waals surface area contributed by atoms with E-state index in [1.54, 1.807) is 0 Å². The quantitative estimate of drug-likeness (QED) is 0.536. The predicted octanol–water partition coefficient (Wildman–Crippen LogP) is 0.583. The zero-order chi connectivity index (χ0) is 6.20. The molecule has 0 atom stereocenters. The molecular weight excluding hydrogens is 196 g/mol. The van der Waals surface area contributed by atoms with Crippen LogP contribution < -0.4 is 0 Å². The van der Waals surface area contributed by atoms with Gasteiger partial charge < -0.3 is 0 Å². The molecule has 0 aromatic rings. The molecule has 0 fully saturated rings. The Labute approximate surface area is 55.6 Å². The molecule has 46 valence electrons. The lowest BCUT2D eigenvalue weighted by atomic mass is 10.7. The number of hydrogen-bond acceptors (Lipinski definition) is 3. The van der Waals surface area contributed by atoms with Crippen LogP contribution in [-0.4, -0.2) is 15.0 Å². The highest BCUT2D eigenvalue weighted by atomic mass is 79.9. The van der Waals surface area contributed by atoms with Crippen molar-refractivity contribution < 1.29 is 12.6 Å². The first-order chi connectivity index (χ1) is 3.60. The maximum absolute atomic E-state index is 10.3. The van der Waals surface area contributed by atoms with E-state index >= 15 is 0 Å². The van der Waals surface area contributed by atoms with Crippen LogP contribution in [0.1, 0.15) is 0 Å². The molecule has 1 aliphatic rings. The fourth-order valence-electron chi connectivity index (χ4n) is 0.363. The summed E-state index contributed by atoms with van der Waals surface area (Å²) in [5.74, 6) is 0. The monoisotopic (exact) mass is 198 g/mol. The van der Waals surface area contributed by atoms with Gasteiger partial charge in [0, 0.05) is 4.48 Å². The van der Waals surface area contributed by atoms with E-state index in [1.165, 1.54) is 0 Å². The Morgan fingerprint density at radius 3 is 2.50 bits per heavy atom. The summed E-state index contributed by atoms with van der Waals surface area (Å²) in [6.45, 7) is 0.141. The maximum atomic E-state index is 10.3. The number of hydrogen-bond donors (Lipinski definition) is 0. The average molecular weight is 199 g/mol. The van der Waals surface area contributed by atoms with Crippen LogP contribution in [0.15, 0.2) is 9.89 Å². The normalized spacial score (nSPS) is 25.4. The third kappa shape index (κ3) is 1.30. The Bertz CT molecular complexity index is 215. The summed E-state index contributed by atoms with van der Waals surface area (Å²) in [6, 6.07) is 0. The van der Waals surface area contributed by atoms with Gasteiger partial charge in [0.1, 0.15) is 0 Å². The van der Waals surface area contributed by atoms with Gasteiger partial charge in [-0.2, -0.15) is 8.42 Å². The highest BCUT2D eigenvalue weighted by molar-refractivity contribution is 9.11. The fraction of sp³-hybridized carbons (Fsp3) is 0.333. The van der Waals surface area contributed by atoms with Crippen molar-refractivity contribution in [1.82, 2.24) is 0 Å². The van der Waals surface area contributed by atoms with Gasteiger partial charge in [-0.3, -0.25) is 4.18 Å². The highest BCUT2D eigenvalue weighted by Gasteiger charge is 2.15. The molecular formula is C3H3BrO3S. The molecule has 0 N–H and O–H groups in total. The lowest BCUT2D eigenvalue weighted by Crippen LogP contribution is -1.92. The average Bonchev–Trinajstić information content (AvgIpc) is 1.82. The van der Waals surface area contributed by atoms with Crippen LogP contribution >= 0.6 is 15.9 Å². The van der Waals surface area contributed by atoms with E-state index in [-0.39, 0.29) is 6.61 Å². The Hall–Kier alpha value is 0.130. The molecule has 5 heteroatoms. The Morgan fingerprint density at radius 1 is 1.75 bits per heavy atom. The van der Waals surface area contributed by atoms with Gasteiger partial charge in [0.15, 0.2) is 0 Å². The van der Waals surface area contributed by atoms with E-state index in [9.17, 15) is 8.42 Å². The molecule has 0 bridgehead atoms. The molecule has 0 unspecified atom stereocenters. The van der Waals surface area contributed by atoms with Gasteiger partial charge in [0.05, 0.1) is 12.0 Å². The highest BCUT2D eigenvalue weighted by Crippen LogP contribution is 2.17. The van der Waals surface area contributed by atoms with Gasteiger partial charge in [-0.05, 0) is 0 Å². The standard InChI is InChI=1S/C3H3BrO3S/c4-3-1-7-8(5,6)2-3/h2H,1H2. The van der Waals surface area contributed by atoms with Gasteiger partial charge in [0.25, 0.3) is 10.1 Å². The Balaban J connectivity index is 3.00. The minimum absolute atomic E-state index is 0.141. The first kappa shape index (κ1) is 6.25. The van der Waals surface area contributed by atoms with Crippen molar-refractivity contribution in [3.8, 4) is 0 Å². The van der Waals surface area contributed by atoms with Gasteiger partial charge in [-0.15, -0.1) is 0 Å². The smallest absolute Gasteiger partial charge is 0.261 e.